The van der Waals surface area contributed by atoms with Gasteiger partial charge in [-0.3, -0.25) is 0 Å². The molecule has 0 aromatic heterocycles. The topological polar surface area (TPSA) is 9.23 Å². The molecule has 0 spiro atoms. The third-order valence-corrected chi connectivity index (χ3v) is 3.29. The zero-order valence-corrected chi connectivity index (χ0v) is 10.8. The molecule has 1 atom stereocenters. The van der Waals surface area contributed by atoms with Crippen molar-refractivity contribution in [3.63, 3.8) is 0 Å². The van der Waals surface area contributed by atoms with Crippen LogP contribution in [0.4, 0.5) is 0 Å². The average molecular weight is 249 g/mol. The van der Waals surface area contributed by atoms with Crippen LogP contribution in [0, 0.1) is 5.41 Å². The minimum atomic E-state index is -0.0333. The van der Waals surface area contributed by atoms with Gasteiger partial charge in [-0.25, -0.2) is 0 Å². The van der Waals surface area contributed by atoms with E-state index in [2.05, 4.69) is 50.2 Å². The van der Waals surface area contributed by atoms with Gasteiger partial charge in [-0.1, -0.05) is 28.9 Å². The maximum absolute atomic E-state index is 5.66. The minimum Gasteiger partial charge on any atom is -0.376 e. The Morgan fingerprint density at radius 3 is 2.15 bits per heavy atom. The van der Waals surface area contributed by atoms with E-state index in [1.807, 2.05) is 6.08 Å². The summed E-state index contributed by atoms with van der Waals surface area (Å²) in [7, 11) is 0. The molecule has 1 nitrogen and oxygen atoms in total. The molecular formula is C11H21BrO. The lowest BCUT2D eigenvalue weighted by Crippen LogP contribution is -2.24. The standard InChI is InChI=1S/C11H21BrO/c1-6-11(5,9-12)7-8-13-10(2,3)4/h6H,1,7-9H2,2-5H3. The van der Waals surface area contributed by atoms with Gasteiger partial charge in [0, 0.05) is 11.9 Å². The van der Waals surface area contributed by atoms with E-state index in [1.54, 1.807) is 0 Å². The molecular weight excluding hydrogens is 228 g/mol. The Labute approximate surface area is 90.7 Å². The smallest absolute Gasteiger partial charge is 0.0598 e. The second-order valence-corrected chi connectivity index (χ2v) is 5.26. The van der Waals surface area contributed by atoms with E-state index < -0.39 is 0 Å². The van der Waals surface area contributed by atoms with Crippen molar-refractivity contribution >= 4 is 15.9 Å². The van der Waals surface area contributed by atoms with Crippen molar-refractivity contribution < 1.29 is 4.74 Å². The Kier molecular flexibility index (Phi) is 5.23. The lowest BCUT2D eigenvalue weighted by atomic mass is 9.90. The Bertz CT molecular complexity index is 160. The first-order chi connectivity index (χ1) is 5.83. The molecule has 0 aliphatic rings. The Morgan fingerprint density at radius 1 is 1.31 bits per heavy atom. The molecule has 0 aliphatic heterocycles. The number of hydrogen-bond acceptors (Lipinski definition) is 1. The average Bonchev–Trinajstić information content (AvgIpc) is 2.02. The molecule has 78 valence electrons. The van der Waals surface area contributed by atoms with Gasteiger partial charge in [-0.2, -0.15) is 0 Å². The number of halogens is 1. The molecule has 1 unspecified atom stereocenters. The maximum Gasteiger partial charge on any atom is 0.0598 e. The number of rotatable bonds is 5. The van der Waals surface area contributed by atoms with Crippen molar-refractivity contribution in [3.05, 3.63) is 12.7 Å². The Morgan fingerprint density at radius 2 is 1.85 bits per heavy atom. The van der Waals surface area contributed by atoms with Crippen molar-refractivity contribution in [3.8, 4) is 0 Å². The normalized spacial score (nSPS) is 16.7. The van der Waals surface area contributed by atoms with E-state index in [-0.39, 0.29) is 11.0 Å². The quantitative estimate of drug-likeness (QED) is 0.532. The first-order valence-corrected chi connectivity index (χ1v) is 5.79. The van der Waals surface area contributed by atoms with Gasteiger partial charge in [0.2, 0.25) is 0 Å². The van der Waals surface area contributed by atoms with Crippen molar-refractivity contribution in [1.29, 1.82) is 0 Å². The largest absolute Gasteiger partial charge is 0.376 e. The van der Waals surface area contributed by atoms with Gasteiger partial charge in [0.1, 0.15) is 0 Å². The summed E-state index contributed by atoms with van der Waals surface area (Å²) in [6.45, 7) is 13.0. The molecule has 0 saturated heterocycles. The van der Waals surface area contributed by atoms with Crippen LogP contribution < -0.4 is 0 Å². The van der Waals surface area contributed by atoms with Gasteiger partial charge in [0.25, 0.3) is 0 Å². The lowest BCUT2D eigenvalue weighted by Gasteiger charge is -2.26. The molecule has 0 N–H and O–H groups in total. The highest BCUT2D eigenvalue weighted by Crippen LogP contribution is 2.25. The van der Waals surface area contributed by atoms with Gasteiger partial charge in [0.15, 0.2) is 0 Å². The number of alkyl halides is 1. The number of ether oxygens (including phenoxy) is 1. The number of hydrogen-bond donors (Lipinski definition) is 0. The van der Waals surface area contributed by atoms with Gasteiger partial charge in [-0.15, -0.1) is 6.58 Å². The van der Waals surface area contributed by atoms with E-state index in [0.29, 0.717) is 0 Å². The first kappa shape index (κ1) is 13.2. The zero-order valence-electron chi connectivity index (χ0n) is 9.19. The van der Waals surface area contributed by atoms with Crippen LogP contribution in [0.2, 0.25) is 0 Å². The highest BCUT2D eigenvalue weighted by Gasteiger charge is 2.19. The highest BCUT2D eigenvalue weighted by molar-refractivity contribution is 9.09. The third-order valence-electron chi connectivity index (χ3n) is 2.01. The van der Waals surface area contributed by atoms with Crippen LogP contribution in [0.1, 0.15) is 34.1 Å². The second-order valence-electron chi connectivity index (χ2n) is 4.70. The maximum atomic E-state index is 5.66. The fourth-order valence-electron chi connectivity index (χ4n) is 0.814. The molecule has 2 heteroatoms. The van der Waals surface area contributed by atoms with E-state index in [4.69, 9.17) is 4.74 Å². The Hall–Kier alpha value is 0.180. The highest BCUT2D eigenvalue weighted by atomic mass is 79.9. The monoisotopic (exact) mass is 248 g/mol. The van der Waals surface area contributed by atoms with Crippen molar-refractivity contribution in [2.24, 2.45) is 5.41 Å². The van der Waals surface area contributed by atoms with Crippen LogP contribution in [0.5, 0.6) is 0 Å². The summed E-state index contributed by atoms with van der Waals surface area (Å²) in [4.78, 5) is 0. The second kappa shape index (κ2) is 5.16. The molecule has 0 saturated carbocycles. The van der Waals surface area contributed by atoms with Gasteiger partial charge in [0.05, 0.1) is 5.60 Å². The fourth-order valence-corrected chi connectivity index (χ4v) is 1.32. The lowest BCUT2D eigenvalue weighted by molar-refractivity contribution is -0.0115. The predicted octanol–water partition coefficient (Wildman–Crippen LogP) is 3.78. The summed E-state index contributed by atoms with van der Waals surface area (Å²) in [6, 6.07) is 0. The summed E-state index contributed by atoms with van der Waals surface area (Å²) in [5.41, 5.74) is 0.125. The minimum absolute atomic E-state index is 0.0333. The van der Waals surface area contributed by atoms with Crippen LogP contribution in [0.3, 0.4) is 0 Å². The molecule has 0 bridgehead atoms. The van der Waals surface area contributed by atoms with E-state index in [9.17, 15) is 0 Å². The fraction of sp³-hybridized carbons (Fsp3) is 0.818. The Balaban J connectivity index is 3.81. The van der Waals surface area contributed by atoms with Crippen molar-refractivity contribution in [2.75, 3.05) is 11.9 Å². The van der Waals surface area contributed by atoms with Gasteiger partial charge < -0.3 is 4.74 Å². The predicted molar refractivity (Wildman–Crippen MR) is 62.4 cm³/mol. The molecule has 0 aromatic rings. The molecule has 0 aromatic carbocycles. The molecule has 0 fully saturated rings. The van der Waals surface area contributed by atoms with Crippen LogP contribution in [-0.2, 0) is 4.74 Å². The van der Waals surface area contributed by atoms with Crippen molar-refractivity contribution in [1.82, 2.24) is 0 Å². The molecule has 0 radical (unpaired) electrons. The zero-order chi connectivity index (χ0) is 10.5. The summed E-state index contributed by atoms with van der Waals surface area (Å²) in [5.74, 6) is 0. The van der Waals surface area contributed by atoms with Gasteiger partial charge in [-0.05, 0) is 32.6 Å². The SMILES string of the molecule is C=CC(C)(CBr)CCOC(C)(C)C. The van der Waals surface area contributed by atoms with Crippen LogP contribution in [0.25, 0.3) is 0 Å². The summed E-state index contributed by atoms with van der Waals surface area (Å²) in [5, 5.41) is 0.941. The van der Waals surface area contributed by atoms with Crippen LogP contribution >= 0.6 is 15.9 Å². The van der Waals surface area contributed by atoms with E-state index >= 15 is 0 Å². The molecule has 0 amide bonds. The van der Waals surface area contributed by atoms with Crippen LogP contribution in [0.15, 0.2) is 12.7 Å². The summed E-state index contributed by atoms with van der Waals surface area (Å²) >= 11 is 3.49. The first-order valence-electron chi connectivity index (χ1n) is 4.66. The molecule has 0 heterocycles. The molecule has 13 heavy (non-hydrogen) atoms. The van der Waals surface area contributed by atoms with E-state index in [1.165, 1.54) is 0 Å². The number of allylic oxidation sites excluding steroid dienone is 1. The van der Waals surface area contributed by atoms with E-state index in [0.717, 1.165) is 18.4 Å². The van der Waals surface area contributed by atoms with Crippen LogP contribution in [-0.4, -0.2) is 17.5 Å². The van der Waals surface area contributed by atoms with Crippen molar-refractivity contribution in [2.45, 2.75) is 39.7 Å². The summed E-state index contributed by atoms with van der Waals surface area (Å²) < 4.78 is 5.66. The van der Waals surface area contributed by atoms with Gasteiger partial charge >= 0.3 is 0 Å². The molecule has 0 aliphatic carbocycles. The molecule has 0 rings (SSSR count). The summed E-state index contributed by atoms with van der Waals surface area (Å²) in [6.07, 6.45) is 3.01. The third kappa shape index (κ3) is 6.28.